The standard InChI is InChI=1S/C24H24N4O6S3/c29-17(10-14-4-2-1-3-5-14)26-19-21(31)28-20(23(32)33)16(13-35-22(19)28)37-24-25-15(12-36-24)11-18(30)27-6-8-34-9-7-27/h1-5,12,19,22H,6-11,13H2,(H,26,29)(H,32,33)/t19-,22-/m1/s1. The van der Waals surface area contributed by atoms with Crippen molar-refractivity contribution in [3.63, 3.8) is 0 Å². The summed E-state index contributed by atoms with van der Waals surface area (Å²) in [6.45, 7) is 2.19. The van der Waals surface area contributed by atoms with E-state index in [1.165, 1.54) is 39.8 Å². The first-order valence-corrected chi connectivity index (χ1v) is 14.4. The smallest absolute Gasteiger partial charge is 0.353 e. The van der Waals surface area contributed by atoms with Gasteiger partial charge in [0, 0.05) is 29.1 Å². The second-order valence-corrected chi connectivity index (χ2v) is 11.9. The molecule has 3 amide bonds. The Morgan fingerprint density at radius 2 is 1.92 bits per heavy atom. The maximum Gasteiger partial charge on any atom is 0.353 e. The van der Waals surface area contributed by atoms with E-state index in [0.717, 1.165) is 5.56 Å². The minimum absolute atomic E-state index is 0.0156. The molecule has 1 aromatic heterocycles. The van der Waals surface area contributed by atoms with Crippen molar-refractivity contribution in [3.8, 4) is 0 Å². The molecular weight excluding hydrogens is 536 g/mol. The summed E-state index contributed by atoms with van der Waals surface area (Å²) in [5, 5.41) is 14.0. The number of fused-ring (bicyclic) bond motifs is 1. The van der Waals surface area contributed by atoms with Crippen molar-refractivity contribution in [2.45, 2.75) is 28.6 Å². The summed E-state index contributed by atoms with van der Waals surface area (Å²) in [5.41, 5.74) is 1.39. The van der Waals surface area contributed by atoms with Gasteiger partial charge in [-0.1, -0.05) is 42.1 Å². The minimum Gasteiger partial charge on any atom is -0.477 e. The van der Waals surface area contributed by atoms with Crippen LogP contribution in [0.3, 0.4) is 0 Å². The van der Waals surface area contributed by atoms with Crippen LogP contribution in [0.25, 0.3) is 0 Å². The third-order valence-corrected chi connectivity index (χ3v) is 9.63. The van der Waals surface area contributed by atoms with E-state index < -0.39 is 23.3 Å². The fourth-order valence-corrected chi connectivity index (χ4v) is 7.75. The van der Waals surface area contributed by atoms with Crippen molar-refractivity contribution < 1.29 is 29.0 Å². The van der Waals surface area contributed by atoms with Crippen LogP contribution in [0.4, 0.5) is 0 Å². The van der Waals surface area contributed by atoms with Gasteiger partial charge in [-0.3, -0.25) is 19.3 Å². The first kappa shape index (κ1) is 25.8. The van der Waals surface area contributed by atoms with Gasteiger partial charge >= 0.3 is 5.97 Å². The number of nitrogens with one attached hydrogen (secondary N) is 1. The molecule has 2 fully saturated rings. The number of carbonyl (C=O) groups is 4. The highest BCUT2D eigenvalue weighted by atomic mass is 32.2. The lowest BCUT2D eigenvalue weighted by Gasteiger charge is -2.49. The summed E-state index contributed by atoms with van der Waals surface area (Å²) in [4.78, 5) is 58.1. The predicted octanol–water partition coefficient (Wildman–Crippen LogP) is 1.58. The number of morpholine rings is 1. The highest BCUT2D eigenvalue weighted by Crippen LogP contribution is 2.45. The Morgan fingerprint density at radius 1 is 1.16 bits per heavy atom. The van der Waals surface area contributed by atoms with E-state index >= 15 is 0 Å². The number of thioether (sulfide) groups is 2. The van der Waals surface area contributed by atoms with Crippen LogP contribution in [0.5, 0.6) is 0 Å². The molecule has 4 heterocycles. The van der Waals surface area contributed by atoms with Crippen LogP contribution in [0.2, 0.25) is 0 Å². The number of hydrogen-bond donors (Lipinski definition) is 2. The summed E-state index contributed by atoms with van der Waals surface area (Å²) in [6.07, 6.45) is 0.318. The van der Waals surface area contributed by atoms with Gasteiger partial charge in [0.2, 0.25) is 11.8 Å². The molecule has 2 saturated heterocycles. The van der Waals surface area contributed by atoms with E-state index in [9.17, 15) is 24.3 Å². The van der Waals surface area contributed by atoms with Crippen molar-refractivity contribution in [1.29, 1.82) is 0 Å². The van der Waals surface area contributed by atoms with Gasteiger partial charge in [-0.15, -0.1) is 23.1 Å². The Bertz CT molecular complexity index is 1240. The highest BCUT2D eigenvalue weighted by Gasteiger charge is 2.54. The lowest BCUT2D eigenvalue weighted by atomic mass is 10.0. The number of amides is 3. The van der Waals surface area contributed by atoms with Crippen molar-refractivity contribution in [2.24, 2.45) is 0 Å². The van der Waals surface area contributed by atoms with Crippen molar-refractivity contribution >= 4 is 58.6 Å². The van der Waals surface area contributed by atoms with Gasteiger partial charge in [0.15, 0.2) is 4.34 Å². The van der Waals surface area contributed by atoms with Crippen molar-refractivity contribution in [2.75, 3.05) is 32.1 Å². The van der Waals surface area contributed by atoms with E-state index in [-0.39, 0.29) is 30.4 Å². The van der Waals surface area contributed by atoms with Gasteiger partial charge < -0.3 is 20.1 Å². The first-order valence-electron chi connectivity index (χ1n) is 11.6. The van der Waals surface area contributed by atoms with Crippen molar-refractivity contribution in [3.05, 3.63) is 57.6 Å². The summed E-state index contributed by atoms with van der Waals surface area (Å²) in [6, 6.07) is 8.45. The average molecular weight is 561 g/mol. The second kappa shape index (κ2) is 11.3. The normalized spacial score (nSPS) is 21.4. The fraction of sp³-hybridized carbons (Fsp3) is 0.375. The van der Waals surface area contributed by atoms with Gasteiger partial charge in [-0.2, -0.15) is 0 Å². The van der Waals surface area contributed by atoms with Crippen LogP contribution in [-0.2, 0) is 36.8 Å². The van der Waals surface area contributed by atoms with Crippen LogP contribution < -0.4 is 5.32 Å². The lowest BCUT2D eigenvalue weighted by Crippen LogP contribution is -2.70. The van der Waals surface area contributed by atoms with Gasteiger partial charge in [0.25, 0.3) is 5.91 Å². The number of benzene rings is 1. The second-order valence-electron chi connectivity index (χ2n) is 8.57. The lowest BCUT2D eigenvalue weighted by molar-refractivity contribution is -0.150. The summed E-state index contributed by atoms with van der Waals surface area (Å²) >= 11 is 3.95. The Balaban J connectivity index is 1.23. The SMILES string of the molecule is O=C(Cc1ccccc1)N[C@@H]1C(=O)N2C(C(=O)O)=C(Sc3nc(CC(=O)N4CCOCC4)cs3)CS[C@H]12. The van der Waals surface area contributed by atoms with Crippen molar-refractivity contribution in [1.82, 2.24) is 20.1 Å². The predicted molar refractivity (Wildman–Crippen MR) is 139 cm³/mol. The molecule has 0 bridgehead atoms. The molecule has 3 aliphatic heterocycles. The van der Waals surface area contributed by atoms with E-state index in [1.54, 1.807) is 10.3 Å². The Hall–Kier alpha value is -2.87. The monoisotopic (exact) mass is 560 g/mol. The molecule has 5 rings (SSSR count). The van der Waals surface area contributed by atoms with Gasteiger partial charge in [-0.05, 0) is 5.56 Å². The molecule has 0 saturated carbocycles. The molecule has 13 heteroatoms. The minimum atomic E-state index is -1.20. The third-order valence-electron chi connectivity index (χ3n) is 6.10. The average Bonchev–Trinajstić information content (AvgIpc) is 3.34. The zero-order valence-electron chi connectivity index (χ0n) is 19.6. The van der Waals surface area contributed by atoms with E-state index in [4.69, 9.17) is 4.74 Å². The Kier molecular flexibility index (Phi) is 7.84. The molecule has 0 spiro atoms. The number of aromatic nitrogens is 1. The molecule has 194 valence electrons. The van der Waals surface area contributed by atoms with Gasteiger partial charge in [-0.25, -0.2) is 9.78 Å². The molecular formula is C24H24N4O6S3. The molecule has 37 heavy (non-hydrogen) atoms. The maximum atomic E-state index is 12.9. The summed E-state index contributed by atoms with van der Waals surface area (Å²) < 4.78 is 5.89. The van der Waals surface area contributed by atoms with Gasteiger partial charge in [0.1, 0.15) is 17.1 Å². The number of carbonyl (C=O) groups excluding carboxylic acids is 3. The third kappa shape index (κ3) is 5.69. The topological polar surface area (TPSA) is 129 Å². The Morgan fingerprint density at radius 3 is 2.65 bits per heavy atom. The zero-order valence-corrected chi connectivity index (χ0v) is 22.1. The number of rotatable bonds is 8. The van der Waals surface area contributed by atoms with Crippen LogP contribution in [0.15, 0.2) is 50.7 Å². The van der Waals surface area contributed by atoms with E-state index in [0.29, 0.717) is 47.0 Å². The Labute approximate surface area is 225 Å². The molecule has 0 unspecified atom stereocenters. The fourth-order valence-electron chi connectivity index (χ4n) is 4.28. The number of carboxylic acid groups (broad SMARTS) is 1. The first-order chi connectivity index (χ1) is 17.9. The van der Waals surface area contributed by atoms with Crippen LogP contribution in [0, 0.1) is 0 Å². The van der Waals surface area contributed by atoms with E-state index in [1.807, 2.05) is 30.3 Å². The molecule has 3 aliphatic rings. The number of β-lactam (4-membered cyclic amide) rings is 1. The number of nitrogens with zero attached hydrogens (tertiary/aromatic N) is 3. The van der Waals surface area contributed by atoms with Crippen LogP contribution in [0.1, 0.15) is 11.3 Å². The zero-order chi connectivity index (χ0) is 25.9. The number of aliphatic carboxylic acids is 1. The number of thiazole rings is 1. The van der Waals surface area contributed by atoms with Gasteiger partial charge in [0.05, 0.1) is 31.7 Å². The summed E-state index contributed by atoms with van der Waals surface area (Å²) in [5.74, 6) is -1.57. The van der Waals surface area contributed by atoms with E-state index in [2.05, 4.69) is 10.3 Å². The quantitative estimate of drug-likeness (QED) is 0.462. The number of carboxylic acids is 1. The molecule has 2 N–H and O–H groups in total. The number of hydrogen-bond acceptors (Lipinski definition) is 9. The largest absolute Gasteiger partial charge is 0.477 e. The maximum absolute atomic E-state index is 12.9. The number of ether oxygens (including phenoxy) is 1. The molecule has 2 aromatic rings. The molecule has 0 radical (unpaired) electrons. The molecule has 10 nitrogen and oxygen atoms in total. The van der Waals surface area contributed by atoms with Crippen LogP contribution in [-0.4, -0.2) is 87.1 Å². The molecule has 2 atom stereocenters. The molecule has 0 aliphatic carbocycles. The summed E-state index contributed by atoms with van der Waals surface area (Å²) in [7, 11) is 0. The highest BCUT2D eigenvalue weighted by molar-refractivity contribution is 8.07. The van der Waals surface area contributed by atoms with Crippen LogP contribution >= 0.6 is 34.9 Å². The molecule has 1 aromatic carbocycles.